The number of carbonyl (C=O) groups excluding carboxylic acids is 1. The first kappa shape index (κ1) is 14.5. The third-order valence-corrected chi connectivity index (χ3v) is 5.55. The van der Waals surface area contributed by atoms with Crippen molar-refractivity contribution in [2.75, 3.05) is 25.9 Å². The van der Waals surface area contributed by atoms with E-state index in [9.17, 15) is 17.6 Å². The fourth-order valence-corrected chi connectivity index (χ4v) is 4.12. The second kappa shape index (κ2) is 5.06. The van der Waals surface area contributed by atoms with E-state index in [1.165, 1.54) is 28.8 Å². The van der Waals surface area contributed by atoms with E-state index in [1.54, 1.807) is 11.0 Å². The van der Waals surface area contributed by atoms with Crippen molar-refractivity contribution in [1.29, 1.82) is 0 Å². The number of nitrogens with zero attached hydrogens (tertiary/aromatic N) is 2. The molecule has 2 aliphatic rings. The largest absolute Gasteiger partial charge is 0.334 e. The maximum atomic E-state index is 13.2. The standard InChI is InChI=1S/C14H17FN2O3S/c1-21(19,20)16-8-11-5-6-17(13(11)9-16)14(18)10-3-2-4-12(15)7-10/h2-4,7,11,13H,5-6,8-9H2,1H3. The van der Waals surface area contributed by atoms with Crippen LogP contribution in [0.4, 0.5) is 4.39 Å². The third-order valence-electron chi connectivity index (χ3n) is 4.32. The molecule has 0 spiro atoms. The Kier molecular flexibility index (Phi) is 3.49. The molecule has 21 heavy (non-hydrogen) atoms. The highest BCUT2D eigenvalue weighted by molar-refractivity contribution is 7.88. The van der Waals surface area contributed by atoms with Crippen molar-refractivity contribution in [3.8, 4) is 0 Å². The van der Waals surface area contributed by atoms with Crippen LogP contribution in [0.3, 0.4) is 0 Å². The predicted molar refractivity (Wildman–Crippen MR) is 75.7 cm³/mol. The van der Waals surface area contributed by atoms with Gasteiger partial charge in [0.2, 0.25) is 10.0 Å². The summed E-state index contributed by atoms with van der Waals surface area (Å²) in [6.07, 6.45) is 1.98. The molecule has 0 radical (unpaired) electrons. The first-order chi connectivity index (χ1) is 9.86. The minimum absolute atomic E-state index is 0.101. The van der Waals surface area contributed by atoms with Gasteiger partial charge in [-0.05, 0) is 30.5 Å². The molecule has 0 aromatic heterocycles. The van der Waals surface area contributed by atoms with Crippen molar-refractivity contribution in [1.82, 2.24) is 9.21 Å². The molecule has 0 aliphatic carbocycles. The van der Waals surface area contributed by atoms with Crippen LogP contribution in [-0.2, 0) is 10.0 Å². The number of fused-ring (bicyclic) bond motifs is 1. The fourth-order valence-electron chi connectivity index (χ4n) is 3.23. The zero-order chi connectivity index (χ0) is 15.2. The van der Waals surface area contributed by atoms with E-state index in [4.69, 9.17) is 0 Å². The van der Waals surface area contributed by atoms with Crippen LogP contribution in [0.5, 0.6) is 0 Å². The highest BCUT2D eigenvalue weighted by atomic mass is 32.2. The van der Waals surface area contributed by atoms with E-state index in [2.05, 4.69) is 0 Å². The molecule has 3 rings (SSSR count). The second-order valence-corrected chi connectivity index (χ2v) is 7.69. The van der Waals surface area contributed by atoms with E-state index >= 15 is 0 Å². The quantitative estimate of drug-likeness (QED) is 0.816. The van der Waals surface area contributed by atoms with Crippen LogP contribution in [0.25, 0.3) is 0 Å². The Labute approximate surface area is 123 Å². The van der Waals surface area contributed by atoms with Crippen molar-refractivity contribution in [3.63, 3.8) is 0 Å². The smallest absolute Gasteiger partial charge is 0.254 e. The molecule has 114 valence electrons. The van der Waals surface area contributed by atoms with Crippen LogP contribution < -0.4 is 0 Å². The van der Waals surface area contributed by atoms with Gasteiger partial charge in [-0.25, -0.2) is 12.8 Å². The van der Waals surface area contributed by atoms with Gasteiger partial charge < -0.3 is 4.90 Å². The van der Waals surface area contributed by atoms with Crippen molar-refractivity contribution < 1.29 is 17.6 Å². The van der Waals surface area contributed by atoms with Crippen LogP contribution in [0.2, 0.25) is 0 Å². The van der Waals surface area contributed by atoms with Crippen molar-refractivity contribution in [2.24, 2.45) is 5.92 Å². The van der Waals surface area contributed by atoms with Crippen molar-refractivity contribution in [2.45, 2.75) is 12.5 Å². The maximum absolute atomic E-state index is 13.2. The number of rotatable bonds is 2. The van der Waals surface area contributed by atoms with Crippen LogP contribution in [-0.4, -0.2) is 55.5 Å². The molecule has 1 amide bonds. The summed E-state index contributed by atoms with van der Waals surface area (Å²) in [4.78, 5) is 14.2. The van der Waals surface area contributed by atoms with Crippen molar-refractivity contribution >= 4 is 15.9 Å². The molecule has 0 bridgehead atoms. The summed E-state index contributed by atoms with van der Waals surface area (Å²) in [5.74, 6) is -0.490. The first-order valence-electron chi connectivity index (χ1n) is 6.88. The minimum atomic E-state index is -3.23. The summed E-state index contributed by atoms with van der Waals surface area (Å²) in [6.45, 7) is 1.41. The molecular formula is C14H17FN2O3S. The lowest BCUT2D eigenvalue weighted by molar-refractivity contribution is 0.0732. The van der Waals surface area contributed by atoms with Gasteiger partial charge in [-0.2, -0.15) is 4.31 Å². The molecule has 1 aromatic rings. The summed E-state index contributed by atoms with van der Waals surface area (Å²) < 4.78 is 37.9. The summed E-state index contributed by atoms with van der Waals surface area (Å²) in [5, 5.41) is 0. The Morgan fingerprint density at radius 2 is 2.10 bits per heavy atom. The van der Waals surface area contributed by atoms with E-state index < -0.39 is 15.8 Å². The highest BCUT2D eigenvalue weighted by Gasteiger charge is 2.45. The molecule has 2 saturated heterocycles. The summed E-state index contributed by atoms with van der Waals surface area (Å²) >= 11 is 0. The topological polar surface area (TPSA) is 57.7 Å². The van der Waals surface area contributed by atoms with Gasteiger partial charge in [-0.3, -0.25) is 4.79 Å². The number of halogens is 1. The van der Waals surface area contributed by atoms with Gasteiger partial charge in [-0.15, -0.1) is 0 Å². The molecule has 5 nitrogen and oxygen atoms in total. The zero-order valence-corrected chi connectivity index (χ0v) is 12.5. The highest BCUT2D eigenvalue weighted by Crippen LogP contribution is 2.33. The second-order valence-electron chi connectivity index (χ2n) is 5.70. The molecule has 2 atom stereocenters. The maximum Gasteiger partial charge on any atom is 0.254 e. The Bertz CT molecular complexity index is 677. The van der Waals surface area contributed by atoms with E-state index in [1.807, 2.05) is 0 Å². The number of likely N-dealkylation sites (tertiary alicyclic amines) is 1. The number of sulfonamides is 1. The molecule has 7 heteroatoms. The van der Waals surface area contributed by atoms with Gasteiger partial charge in [0.15, 0.2) is 0 Å². The van der Waals surface area contributed by atoms with Gasteiger partial charge in [0.25, 0.3) is 5.91 Å². The fraction of sp³-hybridized carbons (Fsp3) is 0.500. The molecule has 2 unspecified atom stereocenters. The van der Waals surface area contributed by atoms with Crippen molar-refractivity contribution in [3.05, 3.63) is 35.6 Å². The molecule has 0 saturated carbocycles. The Morgan fingerprint density at radius 1 is 1.33 bits per heavy atom. The summed E-state index contributed by atoms with van der Waals surface area (Å²) in [5.41, 5.74) is 0.313. The lowest BCUT2D eigenvalue weighted by Gasteiger charge is -2.24. The summed E-state index contributed by atoms with van der Waals surface area (Å²) in [7, 11) is -3.23. The molecular weight excluding hydrogens is 295 g/mol. The number of hydrogen-bond donors (Lipinski definition) is 0. The monoisotopic (exact) mass is 312 g/mol. The SMILES string of the molecule is CS(=O)(=O)N1CC2CCN(C(=O)c3cccc(F)c3)C2C1. The molecule has 2 aliphatic heterocycles. The van der Waals surface area contributed by atoms with Crippen LogP contribution in [0.15, 0.2) is 24.3 Å². The summed E-state index contributed by atoms with van der Waals surface area (Å²) in [6, 6.07) is 5.51. The first-order valence-corrected chi connectivity index (χ1v) is 8.73. The average Bonchev–Trinajstić information content (AvgIpc) is 2.96. The third kappa shape index (κ3) is 2.67. The molecule has 0 N–H and O–H groups in total. The lowest BCUT2D eigenvalue weighted by atomic mass is 10.0. The van der Waals surface area contributed by atoms with Gasteiger partial charge >= 0.3 is 0 Å². The van der Waals surface area contributed by atoms with Crippen LogP contribution in [0, 0.1) is 11.7 Å². The number of hydrogen-bond acceptors (Lipinski definition) is 3. The lowest BCUT2D eigenvalue weighted by Crippen LogP contribution is -2.40. The van der Waals surface area contributed by atoms with Gasteiger partial charge in [0.05, 0.1) is 6.26 Å². The number of benzene rings is 1. The Morgan fingerprint density at radius 3 is 2.76 bits per heavy atom. The Balaban J connectivity index is 1.80. The van der Waals surface area contributed by atoms with E-state index in [-0.39, 0.29) is 17.9 Å². The van der Waals surface area contributed by atoms with Gasteiger partial charge in [0, 0.05) is 31.2 Å². The van der Waals surface area contributed by atoms with Gasteiger partial charge in [0.1, 0.15) is 5.82 Å². The number of carbonyl (C=O) groups is 1. The van der Waals surface area contributed by atoms with Gasteiger partial charge in [-0.1, -0.05) is 6.07 Å². The Hall–Kier alpha value is -1.47. The van der Waals surface area contributed by atoms with Crippen LogP contribution >= 0.6 is 0 Å². The normalized spacial score (nSPS) is 26.1. The van der Waals surface area contributed by atoms with E-state index in [0.717, 1.165) is 6.42 Å². The molecule has 2 fully saturated rings. The molecule has 2 heterocycles. The van der Waals surface area contributed by atoms with E-state index in [0.29, 0.717) is 25.2 Å². The number of amides is 1. The van der Waals surface area contributed by atoms with Crippen LogP contribution in [0.1, 0.15) is 16.8 Å². The minimum Gasteiger partial charge on any atom is -0.334 e. The molecule has 1 aromatic carbocycles. The predicted octanol–water partition coefficient (Wildman–Crippen LogP) is 0.932. The average molecular weight is 312 g/mol. The zero-order valence-electron chi connectivity index (χ0n) is 11.7.